The summed E-state index contributed by atoms with van der Waals surface area (Å²) >= 11 is 0. The van der Waals surface area contributed by atoms with E-state index in [1.54, 1.807) is 0 Å². The van der Waals surface area contributed by atoms with Gasteiger partial charge in [-0.15, -0.1) is 0 Å². The number of carbonyl (C=O) groups is 7. The molecule has 1 heterocycles. The largest absolute Gasteiger partial charge is 0.490 e. The van der Waals surface area contributed by atoms with Crippen molar-refractivity contribution >= 4 is 41.7 Å². The molecule has 1 unspecified atom stereocenters. The van der Waals surface area contributed by atoms with Gasteiger partial charge in [-0.3, -0.25) is 18.8 Å². The lowest BCUT2D eigenvalue weighted by Crippen LogP contribution is -2.55. The fourth-order valence-corrected chi connectivity index (χ4v) is 4.37. The number of nitrogens with two attached hydrogens (primary N) is 1. The second kappa shape index (κ2) is 28.4. The Morgan fingerprint density at radius 2 is 1.17 bits per heavy atom. The second-order valence-electron chi connectivity index (χ2n) is 12.3. The van der Waals surface area contributed by atoms with Gasteiger partial charge in [0.05, 0.1) is 18.6 Å². The Balaban J connectivity index is 0. The van der Waals surface area contributed by atoms with Crippen molar-refractivity contribution in [3.05, 3.63) is 35.9 Å². The van der Waals surface area contributed by atoms with Gasteiger partial charge in [0.1, 0.15) is 12.1 Å². The number of nitrogens with one attached hydrogen (secondary N) is 3. The smallest absolute Gasteiger partial charge is 0.475 e. The standard InChI is InChI=1S/C28H43FN4O5.3C2HF3O2/c1-2-3-12-24(28(37)38-27(36)21-14-17-31-18-15-21)33-26(35)23(13-8-5-9-16-29)32-25(34)22(30)19-20-10-6-4-7-11-20;3*3-2(4,5)1(6)7/h4,6-7,10-11,21-24,31H,2-3,5,8-9,12-19,30H2,1H3,(H,32,34)(H,33,35);3*(H,6,7)/t22-,23-,24?;;;/m1.../s1. The summed E-state index contributed by atoms with van der Waals surface area (Å²) in [7, 11) is 0. The molecule has 2 rings (SSSR count). The van der Waals surface area contributed by atoms with Gasteiger partial charge < -0.3 is 41.7 Å². The van der Waals surface area contributed by atoms with E-state index < -0.39 is 85.0 Å². The van der Waals surface area contributed by atoms with Crippen LogP contribution in [0.25, 0.3) is 0 Å². The van der Waals surface area contributed by atoms with Crippen LogP contribution in [0.4, 0.5) is 43.9 Å². The molecule has 3 atom stereocenters. The first-order valence-electron chi connectivity index (χ1n) is 17.5. The van der Waals surface area contributed by atoms with Crippen molar-refractivity contribution in [1.29, 1.82) is 0 Å². The number of esters is 2. The van der Waals surface area contributed by atoms with Gasteiger partial charge in [-0.1, -0.05) is 62.9 Å². The van der Waals surface area contributed by atoms with E-state index in [2.05, 4.69) is 16.0 Å². The number of carboxylic acids is 3. The predicted octanol–water partition coefficient (Wildman–Crippen LogP) is 4.22. The molecule has 1 aromatic rings. The number of ether oxygens (including phenoxy) is 1. The Morgan fingerprint density at radius 1 is 0.729 bits per heavy atom. The fraction of sp³-hybridized carbons (Fsp3) is 0.618. The Morgan fingerprint density at radius 3 is 1.59 bits per heavy atom. The van der Waals surface area contributed by atoms with E-state index in [0.717, 1.165) is 12.0 Å². The SMILES string of the molecule is CCCCC(NC(=O)[C@@H](CCCCCF)NC(=O)[C@H](N)Cc1ccccc1)C(=O)OC(=O)C1CCNCC1.O=C(O)C(F)(F)F.O=C(O)C(F)(F)F.O=C(O)C(F)(F)F. The molecule has 0 bridgehead atoms. The van der Waals surface area contributed by atoms with Crippen molar-refractivity contribution in [3.63, 3.8) is 0 Å². The molecular formula is C34H46F10N4O11. The minimum Gasteiger partial charge on any atom is -0.475 e. The molecule has 1 saturated heterocycles. The van der Waals surface area contributed by atoms with Crippen molar-refractivity contribution in [2.24, 2.45) is 11.7 Å². The van der Waals surface area contributed by atoms with Crippen LogP contribution in [0.15, 0.2) is 30.3 Å². The molecule has 59 heavy (non-hydrogen) atoms. The third kappa shape index (κ3) is 27.3. The van der Waals surface area contributed by atoms with Gasteiger partial charge in [0.2, 0.25) is 11.8 Å². The molecule has 0 spiro atoms. The first kappa shape index (κ1) is 56.0. The molecular weight excluding hydrogens is 830 g/mol. The van der Waals surface area contributed by atoms with Crippen molar-refractivity contribution in [3.8, 4) is 0 Å². The van der Waals surface area contributed by atoms with E-state index in [4.69, 9.17) is 40.2 Å². The fourth-order valence-electron chi connectivity index (χ4n) is 4.37. The normalized spacial score (nSPS) is 14.4. The number of alkyl halides is 10. The summed E-state index contributed by atoms with van der Waals surface area (Å²) in [6, 6.07) is 6.46. The summed E-state index contributed by atoms with van der Waals surface area (Å²) in [6.07, 6.45) is -10.4. The van der Waals surface area contributed by atoms with E-state index in [9.17, 15) is 63.1 Å². The number of carboxylic acid groups (broad SMARTS) is 3. The molecule has 0 radical (unpaired) electrons. The van der Waals surface area contributed by atoms with Gasteiger partial charge in [-0.2, -0.15) is 39.5 Å². The van der Waals surface area contributed by atoms with Crippen LogP contribution in [-0.4, -0.2) is 113 Å². The molecule has 1 aromatic carbocycles. The zero-order chi connectivity index (χ0) is 46.0. The monoisotopic (exact) mass is 876 g/mol. The number of aliphatic carboxylic acids is 3. The van der Waals surface area contributed by atoms with Crippen LogP contribution < -0.4 is 21.7 Å². The number of hydrogen-bond donors (Lipinski definition) is 7. The van der Waals surface area contributed by atoms with Crippen LogP contribution in [0.2, 0.25) is 0 Å². The average Bonchev–Trinajstić information content (AvgIpc) is 3.14. The molecule has 25 heteroatoms. The summed E-state index contributed by atoms with van der Waals surface area (Å²) in [6.45, 7) is 2.86. The van der Waals surface area contributed by atoms with E-state index >= 15 is 0 Å². The molecule has 1 fully saturated rings. The number of halogens is 10. The van der Waals surface area contributed by atoms with Crippen molar-refractivity contribution in [2.45, 2.75) is 108 Å². The van der Waals surface area contributed by atoms with E-state index in [1.807, 2.05) is 37.3 Å². The topological polar surface area (TPSA) is 252 Å². The highest BCUT2D eigenvalue weighted by Crippen LogP contribution is 2.16. The predicted molar refractivity (Wildman–Crippen MR) is 184 cm³/mol. The summed E-state index contributed by atoms with van der Waals surface area (Å²) in [5.74, 6) is -11.0. The third-order valence-electron chi connectivity index (χ3n) is 7.44. The maximum atomic E-state index is 13.2. The van der Waals surface area contributed by atoms with Crippen molar-refractivity contribution in [2.75, 3.05) is 19.8 Å². The Hall–Kier alpha value is -5.07. The van der Waals surface area contributed by atoms with Crippen molar-refractivity contribution < 1.29 is 97.5 Å². The molecule has 2 amide bonds. The summed E-state index contributed by atoms with van der Waals surface area (Å²) in [4.78, 5) is 78.1. The lowest BCUT2D eigenvalue weighted by atomic mass is 9.98. The number of benzene rings is 1. The first-order chi connectivity index (χ1) is 27.2. The van der Waals surface area contributed by atoms with Gasteiger partial charge in [0.15, 0.2) is 0 Å². The van der Waals surface area contributed by atoms with Crippen LogP contribution in [0, 0.1) is 5.92 Å². The lowest BCUT2D eigenvalue weighted by molar-refractivity contribution is -0.193. The second-order valence-corrected chi connectivity index (χ2v) is 12.3. The van der Waals surface area contributed by atoms with Crippen LogP contribution in [-0.2, 0) is 44.7 Å². The Bertz CT molecular complexity index is 1400. The van der Waals surface area contributed by atoms with Crippen LogP contribution in [0.3, 0.4) is 0 Å². The van der Waals surface area contributed by atoms with E-state index in [0.29, 0.717) is 64.5 Å². The minimum atomic E-state index is -5.08. The van der Waals surface area contributed by atoms with Crippen LogP contribution in [0.1, 0.15) is 70.3 Å². The minimum absolute atomic E-state index is 0.263. The Kier molecular flexibility index (Phi) is 26.9. The molecule has 0 aromatic heterocycles. The van der Waals surface area contributed by atoms with E-state index in [1.165, 1.54) is 0 Å². The van der Waals surface area contributed by atoms with Gasteiger partial charge in [0, 0.05) is 0 Å². The number of unbranched alkanes of at least 4 members (excludes halogenated alkanes) is 3. The molecule has 1 aliphatic rings. The lowest BCUT2D eigenvalue weighted by Gasteiger charge is -2.25. The molecule has 15 nitrogen and oxygen atoms in total. The molecule has 1 aliphatic heterocycles. The van der Waals surface area contributed by atoms with E-state index in [-0.39, 0.29) is 12.3 Å². The summed E-state index contributed by atoms with van der Waals surface area (Å²) in [5.41, 5.74) is 6.99. The molecule has 0 aliphatic carbocycles. The van der Waals surface area contributed by atoms with Gasteiger partial charge in [-0.05, 0) is 57.2 Å². The molecule has 338 valence electrons. The molecule has 8 N–H and O–H groups in total. The third-order valence-corrected chi connectivity index (χ3v) is 7.44. The summed E-state index contributed by atoms with van der Waals surface area (Å²) < 4.78 is 113. The highest BCUT2D eigenvalue weighted by atomic mass is 19.4. The average molecular weight is 877 g/mol. The number of hydrogen-bond acceptors (Lipinski definition) is 10. The van der Waals surface area contributed by atoms with Crippen LogP contribution in [0.5, 0.6) is 0 Å². The number of rotatable bonds is 16. The van der Waals surface area contributed by atoms with Crippen molar-refractivity contribution in [1.82, 2.24) is 16.0 Å². The zero-order valence-corrected chi connectivity index (χ0v) is 31.4. The Labute approximate surface area is 330 Å². The molecule has 0 saturated carbocycles. The first-order valence-corrected chi connectivity index (χ1v) is 17.5. The maximum absolute atomic E-state index is 13.2. The number of piperidine rings is 1. The zero-order valence-electron chi connectivity index (χ0n) is 31.4. The van der Waals surface area contributed by atoms with Gasteiger partial charge in [-0.25, -0.2) is 19.2 Å². The number of carbonyl (C=O) groups excluding carboxylic acids is 4. The number of amides is 2. The maximum Gasteiger partial charge on any atom is 0.490 e. The van der Waals surface area contributed by atoms with Gasteiger partial charge >= 0.3 is 48.4 Å². The highest BCUT2D eigenvalue weighted by molar-refractivity contribution is 5.94. The van der Waals surface area contributed by atoms with Crippen LogP contribution >= 0.6 is 0 Å². The van der Waals surface area contributed by atoms with Gasteiger partial charge in [0.25, 0.3) is 0 Å². The summed E-state index contributed by atoms with van der Waals surface area (Å²) in [5, 5.41) is 29.9. The quantitative estimate of drug-likeness (QED) is 0.0533. The highest BCUT2D eigenvalue weighted by Gasteiger charge is 2.39.